The first kappa shape index (κ1) is 51.3. The molecule has 0 spiro atoms. The van der Waals surface area contributed by atoms with Crippen LogP contribution in [0.1, 0.15) is 169 Å². The van der Waals surface area contributed by atoms with Crippen LogP contribution in [0.4, 0.5) is 4.79 Å². The second-order valence-corrected chi connectivity index (χ2v) is 18.5. The van der Waals surface area contributed by atoms with E-state index in [2.05, 4.69) is 55.3 Å². The number of alkyl carbamates (subject to hydrolysis) is 1. The molecule has 10 nitrogen and oxygen atoms in total. The molecule has 7 rings (SSSR count). The zero-order chi connectivity index (χ0) is 45.8. The Bertz CT molecular complexity index is 2060. The predicted octanol–water partition coefficient (Wildman–Crippen LogP) is 12.2. The molecular weight excluding hydrogens is 816 g/mol. The molecule has 3 fully saturated rings. The lowest BCUT2D eigenvalue weighted by Gasteiger charge is -2.21. The maximum Gasteiger partial charge on any atom is 0.407 e. The van der Waals surface area contributed by atoms with Gasteiger partial charge >= 0.3 is 6.09 Å². The molecule has 0 unspecified atom stereocenters. The van der Waals surface area contributed by atoms with Crippen LogP contribution in [0, 0.1) is 52.3 Å². The summed E-state index contributed by atoms with van der Waals surface area (Å²) in [7, 11) is 0. The number of nitrogens with zero attached hydrogens (tertiary/aromatic N) is 6. The number of nitriles is 2. The number of aromatic nitrogens is 4. The second kappa shape index (κ2) is 29.2. The zero-order valence-corrected chi connectivity index (χ0v) is 39.2. The number of pyridine rings is 4. The van der Waals surface area contributed by atoms with Crippen molar-refractivity contribution >= 4 is 17.7 Å². The molecule has 4 aromatic rings. The monoisotopic (exact) mass is 885 g/mol. The van der Waals surface area contributed by atoms with Gasteiger partial charge in [-0.1, -0.05) is 113 Å². The SMILES string of the molecule is CC(C)(C)OC(=O)NCc1ccc(CCC2CCCCC2)nc1.N#Cc1ccc(C#CC2CCCCC2)nc1.N#Cc1ccc(Cl)nc1.NCc1ccc(CCC2CCCCC2)nc1. The summed E-state index contributed by atoms with van der Waals surface area (Å²) >= 11 is 5.45. The first-order valence-corrected chi connectivity index (χ1v) is 23.8. The topological polar surface area (TPSA) is 163 Å². The van der Waals surface area contributed by atoms with Crippen molar-refractivity contribution in [2.24, 2.45) is 23.5 Å². The Hall–Kier alpha value is -5.34. The summed E-state index contributed by atoms with van der Waals surface area (Å²) in [4.78, 5) is 28.4. The molecule has 4 aromatic heterocycles. The molecule has 11 heteroatoms. The lowest BCUT2D eigenvalue weighted by molar-refractivity contribution is 0.0523. The molecule has 64 heavy (non-hydrogen) atoms. The van der Waals surface area contributed by atoms with Crippen LogP contribution < -0.4 is 11.1 Å². The summed E-state index contributed by atoms with van der Waals surface area (Å²) in [6.45, 7) is 6.61. The largest absolute Gasteiger partial charge is 0.444 e. The average molecular weight is 886 g/mol. The van der Waals surface area contributed by atoms with Crippen LogP contribution in [0.15, 0.2) is 73.3 Å². The summed E-state index contributed by atoms with van der Waals surface area (Å²) in [6, 6.07) is 19.1. The van der Waals surface area contributed by atoms with E-state index in [9.17, 15) is 4.79 Å². The van der Waals surface area contributed by atoms with Gasteiger partial charge in [0.15, 0.2) is 0 Å². The molecule has 0 aliphatic heterocycles. The summed E-state index contributed by atoms with van der Waals surface area (Å²) < 4.78 is 5.22. The first-order valence-electron chi connectivity index (χ1n) is 23.5. The first-order chi connectivity index (χ1) is 31.0. The lowest BCUT2D eigenvalue weighted by Crippen LogP contribution is -2.32. The number of amides is 1. The standard InChI is InChI=1S/C19H30N2O2.C14H22N2.C14H14N2.C6H3ClN2/c1-19(2,3)23-18(22)21-14-16-10-12-17(20-13-16)11-9-15-7-5-4-6-8-15;2*15-10-13-7-9-14(16-11-13)8-6-12-4-2-1-3-5-12;7-6-2-1-5(3-8)4-9-6/h10,12-13,15H,4-9,11,14H2,1-3H3,(H,21,22);7,9,11-12H,1-6,8,10,15H2;7,9,11-12H,1-5H2;1-2,4H. The number of carbonyl (C=O) groups is 1. The molecule has 0 atom stereocenters. The number of nitrogens with one attached hydrogen (secondary N) is 1. The molecule has 0 saturated heterocycles. The molecule has 0 radical (unpaired) electrons. The minimum Gasteiger partial charge on any atom is -0.444 e. The number of aryl methyl sites for hydroxylation is 2. The van der Waals surface area contributed by atoms with E-state index in [0.717, 1.165) is 47.2 Å². The van der Waals surface area contributed by atoms with Crippen LogP contribution in [0.3, 0.4) is 0 Å². The van der Waals surface area contributed by atoms with E-state index in [1.165, 1.54) is 121 Å². The summed E-state index contributed by atoms with van der Waals surface area (Å²) in [5.41, 5.74) is 11.5. The third kappa shape index (κ3) is 21.8. The third-order valence-electron chi connectivity index (χ3n) is 11.7. The third-order valence-corrected chi connectivity index (χ3v) is 11.9. The second-order valence-electron chi connectivity index (χ2n) is 18.1. The van der Waals surface area contributed by atoms with Crippen LogP contribution in [-0.2, 0) is 30.7 Å². The normalized spacial score (nSPS) is 15.4. The summed E-state index contributed by atoms with van der Waals surface area (Å²) in [6.07, 6.45) is 31.7. The van der Waals surface area contributed by atoms with Crippen molar-refractivity contribution < 1.29 is 9.53 Å². The Kier molecular flexibility index (Phi) is 23.4. The number of halogens is 1. The minimum atomic E-state index is -0.467. The number of nitrogens with two attached hydrogens (primary N) is 1. The molecule has 0 bridgehead atoms. The van der Waals surface area contributed by atoms with Crippen molar-refractivity contribution in [2.75, 3.05) is 0 Å². The lowest BCUT2D eigenvalue weighted by atomic mass is 9.86. The van der Waals surface area contributed by atoms with Crippen molar-refractivity contribution in [3.05, 3.63) is 118 Å². The Morgan fingerprint density at radius 2 is 1.20 bits per heavy atom. The maximum absolute atomic E-state index is 11.6. The zero-order valence-electron chi connectivity index (χ0n) is 38.5. The highest BCUT2D eigenvalue weighted by atomic mass is 35.5. The Balaban J connectivity index is 0.000000195. The number of ether oxygens (including phenoxy) is 1. The van der Waals surface area contributed by atoms with Gasteiger partial charge in [0.2, 0.25) is 0 Å². The quantitative estimate of drug-likeness (QED) is 0.123. The van der Waals surface area contributed by atoms with E-state index < -0.39 is 5.60 Å². The number of rotatable bonds is 9. The summed E-state index contributed by atoms with van der Waals surface area (Å²) in [5.74, 6) is 8.76. The fourth-order valence-corrected chi connectivity index (χ4v) is 8.09. The van der Waals surface area contributed by atoms with Crippen LogP contribution in [0.5, 0.6) is 0 Å². The van der Waals surface area contributed by atoms with E-state index in [4.69, 9.17) is 32.6 Å². The summed E-state index contributed by atoms with van der Waals surface area (Å²) in [5, 5.41) is 20.1. The molecule has 4 heterocycles. The number of hydrogen-bond donors (Lipinski definition) is 2. The van der Waals surface area contributed by atoms with Crippen molar-refractivity contribution in [3.63, 3.8) is 0 Å². The van der Waals surface area contributed by atoms with Crippen molar-refractivity contribution in [2.45, 2.75) is 161 Å². The fourth-order valence-electron chi connectivity index (χ4n) is 7.97. The fraction of sp³-hybridized carbons (Fsp3) is 0.528. The van der Waals surface area contributed by atoms with Crippen molar-refractivity contribution in [3.8, 4) is 24.0 Å². The maximum atomic E-state index is 11.6. The molecule has 1 amide bonds. The molecule has 3 N–H and O–H groups in total. The smallest absolute Gasteiger partial charge is 0.407 e. The van der Waals surface area contributed by atoms with Gasteiger partial charge in [0.25, 0.3) is 0 Å². The Labute approximate surface area is 388 Å². The average Bonchev–Trinajstić information content (AvgIpc) is 3.33. The molecule has 3 aliphatic carbocycles. The van der Waals surface area contributed by atoms with Crippen LogP contribution in [0.2, 0.25) is 5.15 Å². The van der Waals surface area contributed by atoms with Gasteiger partial charge in [-0.2, -0.15) is 10.5 Å². The van der Waals surface area contributed by atoms with E-state index in [1.54, 1.807) is 24.4 Å². The highest BCUT2D eigenvalue weighted by Gasteiger charge is 2.17. The van der Waals surface area contributed by atoms with Gasteiger partial charge in [-0.15, -0.1) is 0 Å². The van der Waals surface area contributed by atoms with Gasteiger partial charge in [-0.3, -0.25) is 9.97 Å². The molecule has 340 valence electrons. The number of hydrogen-bond acceptors (Lipinski definition) is 9. The molecular formula is C53H69ClN8O2. The van der Waals surface area contributed by atoms with Gasteiger partial charge in [0.05, 0.1) is 11.1 Å². The Morgan fingerprint density at radius 3 is 1.64 bits per heavy atom. The number of carbonyl (C=O) groups excluding carboxylic acids is 1. The minimum absolute atomic E-state index is 0.390. The van der Waals surface area contributed by atoms with Crippen LogP contribution in [0.25, 0.3) is 0 Å². The molecule has 0 aromatic carbocycles. The van der Waals surface area contributed by atoms with E-state index in [1.807, 2.05) is 57.4 Å². The van der Waals surface area contributed by atoms with Gasteiger partial charge < -0.3 is 15.8 Å². The van der Waals surface area contributed by atoms with E-state index >= 15 is 0 Å². The van der Waals surface area contributed by atoms with E-state index in [0.29, 0.717) is 35.3 Å². The van der Waals surface area contributed by atoms with Crippen molar-refractivity contribution in [1.82, 2.24) is 25.3 Å². The molecule has 3 saturated carbocycles. The van der Waals surface area contributed by atoms with Crippen LogP contribution in [-0.4, -0.2) is 31.6 Å². The highest BCUT2D eigenvalue weighted by molar-refractivity contribution is 6.29. The Morgan fingerprint density at radius 1 is 0.688 bits per heavy atom. The highest BCUT2D eigenvalue weighted by Crippen LogP contribution is 2.28. The van der Waals surface area contributed by atoms with Gasteiger partial charge in [-0.05, 0) is 125 Å². The van der Waals surface area contributed by atoms with Gasteiger partial charge in [0.1, 0.15) is 28.6 Å². The van der Waals surface area contributed by atoms with E-state index in [-0.39, 0.29) is 6.09 Å². The molecule has 3 aliphatic rings. The van der Waals surface area contributed by atoms with Gasteiger partial charge in [0, 0.05) is 55.2 Å². The van der Waals surface area contributed by atoms with Crippen molar-refractivity contribution in [1.29, 1.82) is 10.5 Å². The van der Waals surface area contributed by atoms with Crippen LogP contribution >= 0.6 is 11.6 Å². The van der Waals surface area contributed by atoms with Gasteiger partial charge in [-0.25, -0.2) is 14.8 Å². The predicted molar refractivity (Wildman–Crippen MR) is 256 cm³/mol.